The molecule has 1 fully saturated rings. The van der Waals surface area contributed by atoms with E-state index in [-0.39, 0.29) is 0 Å². The van der Waals surface area contributed by atoms with Gasteiger partial charge in [-0.15, -0.1) is 0 Å². The number of nitrogens with zero attached hydrogens (tertiary/aromatic N) is 1. The second-order valence-electron chi connectivity index (χ2n) is 7.22. The SMILES string of the molecule is CN(C(=O)OC(C)(C)C)C(C)(C=O)CC1CCCCC1. The molecule has 1 saturated carbocycles. The van der Waals surface area contributed by atoms with Gasteiger partial charge < -0.3 is 9.53 Å². The topological polar surface area (TPSA) is 46.6 Å². The quantitative estimate of drug-likeness (QED) is 0.738. The summed E-state index contributed by atoms with van der Waals surface area (Å²) in [5, 5.41) is 0. The largest absolute Gasteiger partial charge is 0.444 e. The van der Waals surface area contributed by atoms with E-state index in [4.69, 9.17) is 4.74 Å². The monoisotopic (exact) mass is 283 g/mol. The Balaban J connectivity index is 2.70. The maximum atomic E-state index is 12.2. The molecule has 0 heterocycles. The molecule has 1 aliphatic carbocycles. The van der Waals surface area contributed by atoms with E-state index in [9.17, 15) is 9.59 Å². The standard InChI is InChI=1S/C16H29NO3/c1-15(2,3)20-14(19)17(5)16(4,12-18)11-13-9-7-6-8-10-13/h12-13H,6-11H2,1-5H3. The van der Waals surface area contributed by atoms with Crippen molar-refractivity contribution in [3.05, 3.63) is 0 Å². The van der Waals surface area contributed by atoms with Crippen LogP contribution >= 0.6 is 0 Å². The van der Waals surface area contributed by atoms with Crippen LogP contribution in [0.5, 0.6) is 0 Å². The summed E-state index contributed by atoms with van der Waals surface area (Å²) < 4.78 is 5.36. The Morgan fingerprint density at radius 1 is 1.20 bits per heavy atom. The molecule has 4 nitrogen and oxygen atoms in total. The summed E-state index contributed by atoms with van der Waals surface area (Å²) >= 11 is 0. The Labute approximate surface area is 122 Å². The Morgan fingerprint density at radius 3 is 2.20 bits per heavy atom. The van der Waals surface area contributed by atoms with Crippen LogP contribution < -0.4 is 0 Å². The normalized spacial score (nSPS) is 20.1. The minimum Gasteiger partial charge on any atom is -0.444 e. The van der Waals surface area contributed by atoms with E-state index in [1.54, 1.807) is 7.05 Å². The molecule has 0 N–H and O–H groups in total. The average Bonchev–Trinajstić information content (AvgIpc) is 2.36. The van der Waals surface area contributed by atoms with Crippen molar-refractivity contribution in [2.24, 2.45) is 5.92 Å². The van der Waals surface area contributed by atoms with E-state index in [0.717, 1.165) is 25.5 Å². The fraction of sp³-hybridized carbons (Fsp3) is 0.875. The zero-order valence-corrected chi connectivity index (χ0v) is 13.6. The lowest BCUT2D eigenvalue weighted by atomic mass is 9.80. The molecule has 1 rings (SSSR count). The Kier molecular flexibility index (Phi) is 5.60. The highest BCUT2D eigenvalue weighted by molar-refractivity contribution is 5.76. The lowest BCUT2D eigenvalue weighted by Gasteiger charge is -2.38. The summed E-state index contributed by atoms with van der Waals surface area (Å²) in [5.74, 6) is 0.531. The van der Waals surface area contributed by atoms with Crippen molar-refractivity contribution in [3.63, 3.8) is 0 Å². The van der Waals surface area contributed by atoms with E-state index in [2.05, 4.69) is 0 Å². The highest BCUT2D eigenvalue weighted by atomic mass is 16.6. The van der Waals surface area contributed by atoms with Gasteiger partial charge in [-0.05, 0) is 40.0 Å². The fourth-order valence-electron chi connectivity index (χ4n) is 2.78. The van der Waals surface area contributed by atoms with Crippen LogP contribution in [0, 0.1) is 5.92 Å². The minimum atomic E-state index is -0.773. The van der Waals surface area contributed by atoms with Crippen LogP contribution in [0.25, 0.3) is 0 Å². The number of amides is 1. The van der Waals surface area contributed by atoms with Gasteiger partial charge in [0.15, 0.2) is 0 Å². The molecule has 0 spiro atoms. The Morgan fingerprint density at radius 2 is 1.75 bits per heavy atom. The average molecular weight is 283 g/mol. The molecule has 0 aromatic carbocycles. The molecule has 0 radical (unpaired) electrons. The van der Waals surface area contributed by atoms with Crippen molar-refractivity contribution in [2.75, 3.05) is 7.05 Å². The molecule has 0 bridgehead atoms. The molecule has 1 atom stereocenters. The summed E-state index contributed by atoms with van der Waals surface area (Å²) in [6, 6.07) is 0. The van der Waals surface area contributed by atoms with Gasteiger partial charge in [0.2, 0.25) is 0 Å². The lowest BCUT2D eigenvalue weighted by molar-refractivity contribution is -0.118. The van der Waals surface area contributed by atoms with Crippen LogP contribution in [0.4, 0.5) is 4.79 Å². The fourth-order valence-corrected chi connectivity index (χ4v) is 2.78. The number of ether oxygens (including phenoxy) is 1. The summed E-state index contributed by atoms with van der Waals surface area (Å²) in [7, 11) is 1.66. The molecule has 4 heteroatoms. The second-order valence-corrected chi connectivity index (χ2v) is 7.22. The molecule has 0 aliphatic heterocycles. The third-order valence-corrected chi connectivity index (χ3v) is 4.11. The molecule has 1 unspecified atom stereocenters. The first-order valence-electron chi connectivity index (χ1n) is 7.61. The summed E-state index contributed by atoms with van der Waals surface area (Å²) in [4.78, 5) is 25.2. The number of aldehydes is 1. The van der Waals surface area contributed by atoms with Gasteiger partial charge in [-0.25, -0.2) is 4.79 Å². The maximum Gasteiger partial charge on any atom is 0.410 e. The van der Waals surface area contributed by atoms with E-state index in [1.807, 2.05) is 27.7 Å². The molecule has 116 valence electrons. The minimum absolute atomic E-state index is 0.428. The zero-order chi connectivity index (χ0) is 15.4. The van der Waals surface area contributed by atoms with E-state index >= 15 is 0 Å². The summed E-state index contributed by atoms with van der Waals surface area (Å²) in [5.41, 5.74) is -1.32. The van der Waals surface area contributed by atoms with Crippen molar-refractivity contribution in [1.82, 2.24) is 4.90 Å². The molecular formula is C16H29NO3. The molecule has 0 saturated heterocycles. The van der Waals surface area contributed by atoms with Crippen molar-refractivity contribution in [2.45, 2.75) is 77.4 Å². The summed E-state index contributed by atoms with van der Waals surface area (Å²) in [6.45, 7) is 7.33. The van der Waals surface area contributed by atoms with Crippen molar-refractivity contribution in [1.29, 1.82) is 0 Å². The third-order valence-electron chi connectivity index (χ3n) is 4.11. The van der Waals surface area contributed by atoms with Crippen LogP contribution in [0.3, 0.4) is 0 Å². The van der Waals surface area contributed by atoms with Gasteiger partial charge in [0.05, 0.1) is 5.54 Å². The van der Waals surface area contributed by atoms with Crippen LogP contribution in [0.2, 0.25) is 0 Å². The first-order chi connectivity index (χ1) is 9.18. The molecule has 0 aromatic heterocycles. The summed E-state index contributed by atoms with van der Waals surface area (Å²) in [6.07, 6.45) is 7.26. The number of carbonyl (C=O) groups is 2. The van der Waals surface area contributed by atoms with Gasteiger partial charge in [0, 0.05) is 7.05 Å². The zero-order valence-electron chi connectivity index (χ0n) is 13.6. The smallest absolute Gasteiger partial charge is 0.410 e. The van der Waals surface area contributed by atoms with Crippen LogP contribution in [0.1, 0.15) is 66.2 Å². The van der Waals surface area contributed by atoms with Gasteiger partial charge in [-0.1, -0.05) is 32.1 Å². The van der Waals surface area contributed by atoms with Gasteiger partial charge >= 0.3 is 6.09 Å². The second kappa shape index (κ2) is 6.59. The highest BCUT2D eigenvalue weighted by Crippen LogP contribution is 2.32. The Hall–Kier alpha value is -1.06. The number of hydrogen-bond donors (Lipinski definition) is 0. The van der Waals surface area contributed by atoms with E-state index in [0.29, 0.717) is 5.92 Å². The lowest BCUT2D eigenvalue weighted by Crippen LogP contribution is -2.51. The van der Waals surface area contributed by atoms with Crippen LogP contribution in [0.15, 0.2) is 0 Å². The van der Waals surface area contributed by atoms with Gasteiger partial charge in [-0.3, -0.25) is 4.90 Å². The molecular weight excluding hydrogens is 254 g/mol. The van der Waals surface area contributed by atoms with Crippen molar-refractivity contribution in [3.8, 4) is 0 Å². The number of rotatable bonds is 4. The number of hydrogen-bond acceptors (Lipinski definition) is 3. The molecule has 20 heavy (non-hydrogen) atoms. The molecule has 0 aromatic rings. The van der Waals surface area contributed by atoms with Crippen LogP contribution in [-0.2, 0) is 9.53 Å². The molecule has 1 aliphatic rings. The highest BCUT2D eigenvalue weighted by Gasteiger charge is 2.37. The van der Waals surface area contributed by atoms with Crippen molar-refractivity contribution >= 4 is 12.4 Å². The van der Waals surface area contributed by atoms with Crippen molar-refractivity contribution < 1.29 is 14.3 Å². The maximum absolute atomic E-state index is 12.2. The Bertz CT molecular complexity index is 342. The predicted molar refractivity (Wildman–Crippen MR) is 79.7 cm³/mol. The number of carbonyl (C=O) groups excluding carboxylic acids is 2. The van der Waals surface area contributed by atoms with Gasteiger partial charge in [-0.2, -0.15) is 0 Å². The van der Waals surface area contributed by atoms with E-state index in [1.165, 1.54) is 24.2 Å². The van der Waals surface area contributed by atoms with E-state index < -0.39 is 17.2 Å². The molecule has 1 amide bonds. The van der Waals surface area contributed by atoms with Gasteiger partial charge in [0.25, 0.3) is 0 Å². The predicted octanol–water partition coefficient (Wildman–Crippen LogP) is 3.78. The van der Waals surface area contributed by atoms with Gasteiger partial charge in [0.1, 0.15) is 11.9 Å². The number of likely N-dealkylation sites (N-methyl/N-ethyl adjacent to an activating group) is 1. The third kappa shape index (κ3) is 4.80. The first-order valence-corrected chi connectivity index (χ1v) is 7.61. The van der Waals surface area contributed by atoms with Crippen LogP contribution in [-0.4, -0.2) is 35.5 Å². The first kappa shape index (κ1) is 17.0.